The number of nitrogens with zero attached hydrogens (tertiary/aromatic N) is 1. The number of rotatable bonds is 7. The molecule has 0 aliphatic rings. The zero-order valence-corrected chi connectivity index (χ0v) is 20.4. The van der Waals surface area contributed by atoms with Gasteiger partial charge in [0.2, 0.25) is 0 Å². The lowest BCUT2D eigenvalue weighted by molar-refractivity contribution is 0.589. The highest BCUT2D eigenvalue weighted by Gasteiger charge is 2.44. The number of hydrogen-bond donors (Lipinski definition) is 1. The highest BCUT2D eigenvalue weighted by atomic mass is 32.2. The van der Waals surface area contributed by atoms with Crippen LogP contribution in [0, 0.1) is 18.3 Å². The molecule has 168 valence electrons. The first-order chi connectivity index (χ1) is 16.5. The number of benzene rings is 4. The van der Waals surface area contributed by atoms with Gasteiger partial charge in [-0.15, -0.1) is 0 Å². The second-order valence-corrected chi connectivity index (χ2v) is 12.7. The number of hydrogen-bond acceptors (Lipinski definition) is 3. The molecule has 0 saturated carbocycles. The molecule has 0 aromatic heterocycles. The van der Waals surface area contributed by atoms with Gasteiger partial charge in [0, 0.05) is 0 Å². The third kappa shape index (κ3) is 4.79. The van der Waals surface area contributed by atoms with E-state index in [9.17, 15) is 13.7 Å². The maximum Gasteiger partial charge on any atom is 0.262 e. The van der Waals surface area contributed by atoms with Gasteiger partial charge < -0.3 is 0 Å². The van der Waals surface area contributed by atoms with Crippen LogP contribution in [0.25, 0.3) is 0 Å². The predicted molar refractivity (Wildman–Crippen MR) is 140 cm³/mol. The Morgan fingerprint density at radius 1 is 0.735 bits per heavy atom. The van der Waals surface area contributed by atoms with Crippen LogP contribution >= 0.6 is 7.26 Å². The number of aryl methyl sites for hydroxylation is 1. The van der Waals surface area contributed by atoms with Crippen LogP contribution in [0.5, 0.6) is 0 Å². The zero-order valence-electron chi connectivity index (χ0n) is 18.7. The van der Waals surface area contributed by atoms with Crippen molar-refractivity contribution >= 4 is 33.2 Å². The summed E-state index contributed by atoms with van der Waals surface area (Å²) >= 11 is 0. The van der Waals surface area contributed by atoms with Gasteiger partial charge in [-0.05, 0) is 55.5 Å². The van der Waals surface area contributed by atoms with Gasteiger partial charge in [-0.25, -0.2) is 8.42 Å². The molecule has 4 nitrogen and oxygen atoms in total. The molecule has 0 bridgehead atoms. The number of sulfonamides is 1. The molecule has 0 saturated heterocycles. The summed E-state index contributed by atoms with van der Waals surface area (Å²) in [5.41, 5.74) is 0.947. The minimum absolute atomic E-state index is 0.00883. The van der Waals surface area contributed by atoms with Crippen LogP contribution < -0.4 is 20.6 Å². The predicted octanol–water partition coefficient (Wildman–Crippen LogP) is 4.63. The lowest BCUT2D eigenvalue weighted by Gasteiger charge is -2.24. The Hall–Kier alpha value is -3.71. The van der Waals surface area contributed by atoms with E-state index in [4.69, 9.17) is 0 Å². The Balaban J connectivity index is 1.94. The standard InChI is InChI=1S/C28H24N2O2PS/c1-23-17-19-28(20-18-23)34(31,32)30-24(21-29)22-33(25-11-5-2-6-12-25,26-13-7-3-8-14-26)27-15-9-4-10-16-27/h2-20,22,30H,1H3/q+1/b24-22+. The molecule has 4 rings (SSSR count). The van der Waals surface area contributed by atoms with E-state index in [-0.39, 0.29) is 10.6 Å². The SMILES string of the molecule is Cc1ccc(S(=O)(=O)N/C(C#N)=C/[P+](c2ccccc2)(c2ccccc2)c2ccccc2)cc1. The fourth-order valence-electron chi connectivity index (χ4n) is 3.85. The van der Waals surface area contributed by atoms with Gasteiger partial charge in [-0.3, -0.25) is 4.72 Å². The van der Waals surface area contributed by atoms with E-state index < -0.39 is 17.3 Å². The van der Waals surface area contributed by atoms with Crippen molar-refractivity contribution < 1.29 is 8.42 Å². The highest BCUT2D eigenvalue weighted by Crippen LogP contribution is 2.57. The molecule has 0 atom stereocenters. The molecule has 0 unspecified atom stereocenters. The minimum atomic E-state index is -3.93. The van der Waals surface area contributed by atoms with Crippen molar-refractivity contribution in [2.45, 2.75) is 11.8 Å². The van der Waals surface area contributed by atoms with Crippen molar-refractivity contribution in [3.05, 3.63) is 132 Å². The fourth-order valence-corrected chi connectivity index (χ4v) is 8.73. The Morgan fingerprint density at radius 2 is 1.15 bits per heavy atom. The Labute approximate surface area is 201 Å². The molecule has 0 radical (unpaired) electrons. The fraction of sp³-hybridized carbons (Fsp3) is 0.0357. The number of allylic oxidation sites excluding steroid dienone is 1. The number of nitriles is 1. The second-order valence-electron chi connectivity index (χ2n) is 7.80. The van der Waals surface area contributed by atoms with E-state index in [0.717, 1.165) is 21.5 Å². The van der Waals surface area contributed by atoms with E-state index >= 15 is 0 Å². The molecule has 0 aliphatic carbocycles. The maximum atomic E-state index is 13.1. The van der Waals surface area contributed by atoms with Crippen molar-refractivity contribution in [2.75, 3.05) is 0 Å². The molecule has 1 N–H and O–H groups in total. The van der Waals surface area contributed by atoms with Crippen molar-refractivity contribution in [1.29, 1.82) is 5.26 Å². The molecule has 4 aromatic rings. The van der Waals surface area contributed by atoms with E-state index in [0.29, 0.717) is 0 Å². The van der Waals surface area contributed by atoms with Gasteiger partial charge in [-0.2, -0.15) is 5.26 Å². The molecule has 4 aromatic carbocycles. The zero-order chi connectivity index (χ0) is 24.0. The third-order valence-electron chi connectivity index (χ3n) is 5.51. The smallest absolute Gasteiger partial charge is 0.262 e. The molecule has 0 fully saturated rings. The van der Waals surface area contributed by atoms with Crippen LogP contribution in [0.2, 0.25) is 0 Å². The largest absolute Gasteiger partial charge is 0.267 e. The third-order valence-corrected chi connectivity index (χ3v) is 10.9. The molecule has 0 spiro atoms. The van der Waals surface area contributed by atoms with Gasteiger partial charge in [0.05, 0.1) is 4.90 Å². The first kappa shape index (κ1) is 23.4. The molecule has 0 aliphatic heterocycles. The summed E-state index contributed by atoms with van der Waals surface area (Å²) in [4.78, 5) is 0.113. The van der Waals surface area contributed by atoms with Gasteiger partial charge in [0.25, 0.3) is 10.0 Å². The summed E-state index contributed by atoms with van der Waals surface area (Å²) in [6.07, 6.45) is 0. The molecule has 34 heavy (non-hydrogen) atoms. The minimum Gasteiger partial charge on any atom is -0.267 e. The normalized spacial score (nSPS) is 12.1. The van der Waals surface area contributed by atoms with Crippen LogP contribution in [0.3, 0.4) is 0 Å². The van der Waals surface area contributed by atoms with E-state index in [1.54, 1.807) is 24.3 Å². The molecular formula is C28H24N2O2PS+. The topological polar surface area (TPSA) is 70.0 Å². The summed E-state index contributed by atoms with van der Waals surface area (Å²) in [6, 6.07) is 38.5. The quantitative estimate of drug-likeness (QED) is 0.308. The van der Waals surface area contributed by atoms with Crippen LogP contribution in [0.1, 0.15) is 5.56 Å². The van der Waals surface area contributed by atoms with Crippen molar-refractivity contribution in [3.8, 4) is 6.07 Å². The summed E-state index contributed by atoms with van der Waals surface area (Å²) in [6.45, 7) is 1.89. The van der Waals surface area contributed by atoms with Crippen molar-refractivity contribution in [2.24, 2.45) is 0 Å². The average molecular weight is 484 g/mol. The average Bonchev–Trinajstić information content (AvgIpc) is 2.88. The summed E-state index contributed by atoms with van der Waals surface area (Å²) in [7, 11) is -6.45. The van der Waals surface area contributed by atoms with Crippen LogP contribution in [0.15, 0.2) is 132 Å². The molecule has 6 heteroatoms. The Bertz CT molecular complexity index is 1330. The van der Waals surface area contributed by atoms with E-state index in [1.807, 2.05) is 104 Å². The lowest BCUT2D eigenvalue weighted by Crippen LogP contribution is -2.31. The molecule has 0 heterocycles. The highest BCUT2D eigenvalue weighted by molar-refractivity contribution is 7.98. The Morgan fingerprint density at radius 3 is 1.53 bits per heavy atom. The maximum absolute atomic E-state index is 13.1. The second kappa shape index (κ2) is 10.1. The van der Waals surface area contributed by atoms with Crippen molar-refractivity contribution in [3.63, 3.8) is 0 Å². The van der Waals surface area contributed by atoms with Gasteiger partial charge in [0.1, 0.15) is 35.1 Å². The number of nitrogens with one attached hydrogen (secondary N) is 1. The van der Waals surface area contributed by atoms with Gasteiger partial charge >= 0.3 is 0 Å². The van der Waals surface area contributed by atoms with Crippen LogP contribution in [-0.2, 0) is 10.0 Å². The van der Waals surface area contributed by atoms with Gasteiger partial charge in [-0.1, -0.05) is 72.3 Å². The summed E-state index contributed by atoms with van der Waals surface area (Å²) in [5.74, 6) is 1.82. The van der Waals surface area contributed by atoms with Crippen LogP contribution in [0.4, 0.5) is 0 Å². The first-order valence-electron chi connectivity index (χ1n) is 10.7. The van der Waals surface area contributed by atoms with Gasteiger partial charge in [0.15, 0.2) is 5.70 Å². The van der Waals surface area contributed by atoms with E-state index in [1.165, 1.54) is 0 Å². The monoisotopic (exact) mass is 483 g/mol. The molecular weight excluding hydrogens is 459 g/mol. The summed E-state index contributed by atoms with van der Waals surface area (Å²) in [5, 5.41) is 13.1. The van der Waals surface area contributed by atoms with E-state index in [2.05, 4.69) is 10.8 Å². The molecule has 0 amide bonds. The first-order valence-corrected chi connectivity index (χ1v) is 14.1. The lowest BCUT2D eigenvalue weighted by atomic mass is 10.2. The van der Waals surface area contributed by atoms with Crippen molar-refractivity contribution in [1.82, 2.24) is 4.72 Å². The summed E-state index contributed by atoms with van der Waals surface area (Å²) < 4.78 is 28.8. The Kier molecular flexibility index (Phi) is 6.93. The van der Waals surface area contributed by atoms with Crippen LogP contribution in [-0.4, -0.2) is 8.42 Å².